The quantitative estimate of drug-likeness (QED) is 0.653. The molecule has 0 aromatic heterocycles. The van der Waals surface area contributed by atoms with Crippen molar-refractivity contribution >= 4 is 0 Å². The number of halogens is 3. The number of phenolic OH excluding ortho intramolecular Hbond substituents is 1. The van der Waals surface area contributed by atoms with Crippen molar-refractivity contribution in [1.29, 1.82) is 0 Å². The van der Waals surface area contributed by atoms with E-state index in [-0.39, 0.29) is 11.3 Å². The van der Waals surface area contributed by atoms with Crippen molar-refractivity contribution in [2.24, 2.45) is 5.73 Å². The van der Waals surface area contributed by atoms with E-state index in [2.05, 4.69) is 0 Å². The lowest BCUT2D eigenvalue weighted by Gasteiger charge is -2.33. The smallest absolute Gasteiger partial charge is 0.161 e. The topological polar surface area (TPSA) is 55.5 Å². The maximum atomic E-state index is 14.2. The van der Waals surface area contributed by atoms with Crippen LogP contribution in [0.5, 0.6) is 11.5 Å². The number of rotatable bonds is 2. The molecule has 0 bridgehead atoms. The minimum absolute atomic E-state index is 0.119. The fraction of sp³-hybridized carbons (Fsp3) is 0.143. The van der Waals surface area contributed by atoms with Gasteiger partial charge in [0.05, 0.1) is 6.04 Å². The highest BCUT2D eigenvalue weighted by atomic mass is 19.2. The summed E-state index contributed by atoms with van der Waals surface area (Å²) in [6.45, 7) is 0. The molecule has 0 radical (unpaired) electrons. The van der Waals surface area contributed by atoms with Crippen molar-refractivity contribution in [3.05, 3.63) is 83.2 Å². The predicted molar refractivity (Wildman–Crippen MR) is 94.9 cm³/mol. The Morgan fingerprint density at radius 2 is 1.59 bits per heavy atom. The van der Waals surface area contributed by atoms with Gasteiger partial charge in [0, 0.05) is 22.8 Å². The third kappa shape index (κ3) is 3.02. The van der Waals surface area contributed by atoms with Crippen LogP contribution in [0.3, 0.4) is 0 Å². The first-order chi connectivity index (χ1) is 13.0. The Bertz CT molecular complexity index is 1020. The summed E-state index contributed by atoms with van der Waals surface area (Å²) in [6, 6.07) is 12.8. The summed E-state index contributed by atoms with van der Waals surface area (Å²) in [5.74, 6) is -2.74. The molecule has 2 atom stereocenters. The van der Waals surface area contributed by atoms with E-state index < -0.39 is 29.6 Å². The summed E-state index contributed by atoms with van der Waals surface area (Å²) in [4.78, 5) is 0. The number of benzene rings is 3. The first kappa shape index (κ1) is 17.4. The van der Waals surface area contributed by atoms with E-state index in [9.17, 15) is 18.3 Å². The first-order valence-corrected chi connectivity index (χ1v) is 8.42. The van der Waals surface area contributed by atoms with Crippen molar-refractivity contribution in [1.82, 2.24) is 0 Å². The molecule has 0 spiro atoms. The van der Waals surface area contributed by atoms with Crippen LogP contribution in [0.15, 0.2) is 54.6 Å². The van der Waals surface area contributed by atoms with Crippen LogP contribution in [0.4, 0.5) is 13.2 Å². The molecule has 1 heterocycles. The van der Waals surface area contributed by atoms with Crippen LogP contribution < -0.4 is 10.5 Å². The van der Waals surface area contributed by atoms with Gasteiger partial charge in [0.2, 0.25) is 0 Å². The van der Waals surface area contributed by atoms with Crippen LogP contribution >= 0.6 is 0 Å². The highest BCUT2D eigenvalue weighted by Crippen LogP contribution is 2.42. The number of para-hydroxylation sites is 1. The number of hydrogen-bond acceptors (Lipinski definition) is 3. The van der Waals surface area contributed by atoms with Gasteiger partial charge < -0.3 is 15.6 Å². The van der Waals surface area contributed by atoms with Gasteiger partial charge in [-0.2, -0.15) is 0 Å². The summed E-state index contributed by atoms with van der Waals surface area (Å²) in [5, 5.41) is 10.2. The number of ether oxygens (including phenoxy) is 1. The predicted octanol–water partition coefficient (Wildman–Crippen LogP) is 4.48. The van der Waals surface area contributed by atoms with Crippen molar-refractivity contribution in [2.75, 3.05) is 0 Å². The third-order valence-electron chi connectivity index (χ3n) is 4.76. The molecule has 6 heteroatoms. The Hall–Kier alpha value is -2.99. The molecular formula is C21H16F3NO2. The molecule has 2 unspecified atom stereocenters. The maximum Gasteiger partial charge on any atom is 0.161 e. The lowest BCUT2D eigenvalue weighted by molar-refractivity contribution is 0.149. The minimum Gasteiger partial charge on any atom is -0.507 e. The zero-order chi connectivity index (χ0) is 19.1. The zero-order valence-electron chi connectivity index (χ0n) is 14.1. The van der Waals surface area contributed by atoms with Crippen molar-refractivity contribution in [3.8, 4) is 22.6 Å². The largest absolute Gasteiger partial charge is 0.507 e. The minimum atomic E-state index is -1.26. The molecule has 4 rings (SSSR count). The fourth-order valence-corrected chi connectivity index (χ4v) is 3.46. The Labute approximate surface area is 153 Å². The second kappa shape index (κ2) is 6.63. The summed E-state index contributed by atoms with van der Waals surface area (Å²) < 4.78 is 46.9. The van der Waals surface area contributed by atoms with Gasteiger partial charge in [-0.3, -0.25) is 0 Å². The highest BCUT2D eigenvalue weighted by molar-refractivity contribution is 5.75. The maximum absolute atomic E-state index is 14.2. The van der Waals surface area contributed by atoms with E-state index in [4.69, 9.17) is 10.5 Å². The number of hydrogen-bond donors (Lipinski definition) is 2. The summed E-state index contributed by atoms with van der Waals surface area (Å²) >= 11 is 0. The molecule has 3 N–H and O–H groups in total. The van der Waals surface area contributed by atoms with Gasteiger partial charge in [-0.05, 0) is 30.2 Å². The molecule has 0 fully saturated rings. The molecule has 3 aromatic rings. The molecule has 0 saturated heterocycles. The van der Waals surface area contributed by atoms with Crippen LogP contribution in [0.25, 0.3) is 11.1 Å². The second-order valence-corrected chi connectivity index (χ2v) is 6.49. The van der Waals surface area contributed by atoms with Gasteiger partial charge in [0.15, 0.2) is 11.6 Å². The fourth-order valence-electron chi connectivity index (χ4n) is 3.46. The van der Waals surface area contributed by atoms with Gasteiger partial charge in [-0.15, -0.1) is 0 Å². The van der Waals surface area contributed by atoms with E-state index in [0.29, 0.717) is 23.8 Å². The highest BCUT2D eigenvalue weighted by Gasteiger charge is 2.33. The Kier molecular flexibility index (Phi) is 4.28. The standard InChI is InChI=1S/C21H16F3NO2/c22-15-10-17(24)16(23)8-14(15)21-18(25)9-13-11(5-3-7-20(13)27-21)12-4-1-2-6-19(12)26/h1-8,10,18,21,26H,9,25H2. The number of phenols is 1. The van der Waals surface area contributed by atoms with E-state index in [0.717, 1.165) is 17.2 Å². The molecule has 3 aromatic carbocycles. The lowest BCUT2D eigenvalue weighted by atomic mass is 9.88. The van der Waals surface area contributed by atoms with Crippen LogP contribution in [0.1, 0.15) is 17.2 Å². The summed E-state index contributed by atoms with van der Waals surface area (Å²) in [6.07, 6.45) is -0.629. The molecule has 1 aliphatic rings. The van der Waals surface area contributed by atoms with Gasteiger partial charge in [0.25, 0.3) is 0 Å². The molecular weight excluding hydrogens is 355 g/mol. The molecule has 1 aliphatic heterocycles. The normalized spacial score (nSPS) is 18.7. The Morgan fingerprint density at radius 3 is 2.37 bits per heavy atom. The van der Waals surface area contributed by atoms with Crippen LogP contribution in [-0.4, -0.2) is 11.1 Å². The summed E-state index contributed by atoms with van der Waals surface area (Å²) in [5.41, 5.74) is 8.22. The Balaban J connectivity index is 1.77. The second-order valence-electron chi connectivity index (χ2n) is 6.49. The molecule has 27 heavy (non-hydrogen) atoms. The van der Waals surface area contributed by atoms with Crippen LogP contribution in [0, 0.1) is 17.5 Å². The summed E-state index contributed by atoms with van der Waals surface area (Å²) in [7, 11) is 0. The molecule has 138 valence electrons. The van der Waals surface area contributed by atoms with Gasteiger partial charge in [-0.25, -0.2) is 13.2 Å². The average Bonchev–Trinajstić information content (AvgIpc) is 2.64. The van der Waals surface area contributed by atoms with Gasteiger partial charge in [0.1, 0.15) is 23.4 Å². The van der Waals surface area contributed by atoms with E-state index in [1.807, 2.05) is 6.07 Å². The number of fused-ring (bicyclic) bond motifs is 1. The van der Waals surface area contributed by atoms with Crippen LogP contribution in [0.2, 0.25) is 0 Å². The molecule has 0 aliphatic carbocycles. The number of nitrogens with two attached hydrogens (primary N) is 1. The van der Waals surface area contributed by atoms with Crippen molar-refractivity contribution in [3.63, 3.8) is 0 Å². The van der Waals surface area contributed by atoms with E-state index in [1.165, 1.54) is 0 Å². The SMILES string of the molecule is NC1Cc2c(cccc2-c2ccccc2O)OC1c1cc(F)c(F)cc1F. The molecule has 0 saturated carbocycles. The van der Waals surface area contributed by atoms with Crippen molar-refractivity contribution < 1.29 is 23.0 Å². The van der Waals surface area contributed by atoms with Crippen molar-refractivity contribution in [2.45, 2.75) is 18.6 Å². The first-order valence-electron chi connectivity index (χ1n) is 8.42. The lowest BCUT2D eigenvalue weighted by Crippen LogP contribution is -2.38. The Morgan fingerprint density at radius 1 is 0.889 bits per heavy atom. The average molecular weight is 371 g/mol. The van der Waals surface area contributed by atoms with E-state index >= 15 is 0 Å². The molecule has 0 amide bonds. The zero-order valence-corrected chi connectivity index (χ0v) is 14.1. The van der Waals surface area contributed by atoms with E-state index in [1.54, 1.807) is 36.4 Å². The van der Waals surface area contributed by atoms with Crippen LogP contribution in [-0.2, 0) is 6.42 Å². The third-order valence-corrected chi connectivity index (χ3v) is 4.76. The monoisotopic (exact) mass is 371 g/mol. The van der Waals surface area contributed by atoms with Gasteiger partial charge in [-0.1, -0.05) is 30.3 Å². The molecule has 3 nitrogen and oxygen atoms in total. The number of aromatic hydroxyl groups is 1. The van der Waals surface area contributed by atoms with Gasteiger partial charge >= 0.3 is 0 Å².